The summed E-state index contributed by atoms with van der Waals surface area (Å²) >= 11 is 6.04. The summed E-state index contributed by atoms with van der Waals surface area (Å²) in [5, 5.41) is 2.76. The fourth-order valence-electron chi connectivity index (χ4n) is 1.10. The summed E-state index contributed by atoms with van der Waals surface area (Å²) in [6.45, 7) is 3.58. The van der Waals surface area contributed by atoms with Crippen molar-refractivity contribution in [3.63, 3.8) is 0 Å². The lowest BCUT2D eigenvalue weighted by molar-refractivity contribution is -0.118. The van der Waals surface area contributed by atoms with Gasteiger partial charge in [-0.15, -0.1) is 11.6 Å². The molecule has 0 saturated carbocycles. The van der Waals surface area contributed by atoms with Crippen molar-refractivity contribution in [3.8, 4) is 5.75 Å². The highest BCUT2D eigenvalue weighted by Gasteiger charge is 2.28. The van der Waals surface area contributed by atoms with Crippen LogP contribution in [0, 0.1) is 0 Å². The van der Waals surface area contributed by atoms with Gasteiger partial charge in [-0.2, -0.15) is 0 Å². The summed E-state index contributed by atoms with van der Waals surface area (Å²) in [6.07, 6.45) is 0.580. The number of amides is 1. The van der Waals surface area contributed by atoms with E-state index in [9.17, 15) is 4.79 Å². The quantitative estimate of drug-likeness (QED) is 0.823. The van der Waals surface area contributed by atoms with Gasteiger partial charge in [-0.1, -0.05) is 6.92 Å². The Kier molecular flexibility index (Phi) is 4.19. The second kappa shape index (κ2) is 5.21. The first-order valence-electron chi connectivity index (χ1n) is 5.14. The fraction of sp³-hybridized carbons (Fsp3) is 0.417. The van der Waals surface area contributed by atoms with Crippen LogP contribution >= 0.6 is 11.6 Å². The van der Waals surface area contributed by atoms with E-state index in [4.69, 9.17) is 16.3 Å². The number of methoxy groups -OCH3 is 1. The number of ether oxygens (including phenoxy) is 1. The molecular weight excluding hydrogens is 226 g/mol. The van der Waals surface area contributed by atoms with Crippen LogP contribution in [-0.2, 0) is 4.79 Å². The van der Waals surface area contributed by atoms with Gasteiger partial charge in [0, 0.05) is 5.69 Å². The molecule has 0 aliphatic carbocycles. The second-order valence-electron chi connectivity index (χ2n) is 3.73. The summed E-state index contributed by atoms with van der Waals surface area (Å²) < 4.78 is 5.02. The highest BCUT2D eigenvalue weighted by molar-refractivity contribution is 6.36. The van der Waals surface area contributed by atoms with Crippen LogP contribution < -0.4 is 10.1 Å². The minimum atomic E-state index is -0.861. The van der Waals surface area contributed by atoms with Crippen LogP contribution in [0.15, 0.2) is 24.3 Å². The van der Waals surface area contributed by atoms with E-state index in [0.29, 0.717) is 12.1 Å². The van der Waals surface area contributed by atoms with Crippen molar-refractivity contribution in [2.24, 2.45) is 0 Å². The Morgan fingerprint density at radius 2 is 2.00 bits per heavy atom. The first-order valence-corrected chi connectivity index (χ1v) is 5.52. The maximum Gasteiger partial charge on any atom is 0.245 e. The molecule has 0 spiro atoms. The van der Waals surface area contributed by atoms with Gasteiger partial charge < -0.3 is 10.1 Å². The van der Waals surface area contributed by atoms with E-state index in [1.807, 2.05) is 6.92 Å². The number of alkyl halides is 1. The Hall–Kier alpha value is -1.22. The van der Waals surface area contributed by atoms with Crippen LogP contribution in [0.25, 0.3) is 0 Å². The van der Waals surface area contributed by atoms with Crippen molar-refractivity contribution in [1.29, 1.82) is 0 Å². The van der Waals surface area contributed by atoms with Crippen LogP contribution in [0.2, 0.25) is 0 Å². The number of nitrogens with one attached hydrogen (secondary N) is 1. The van der Waals surface area contributed by atoms with Crippen LogP contribution in [-0.4, -0.2) is 17.9 Å². The van der Waals surface area contributed by atoms with Crippen molar-refractivity contribution in [1.82, 2.24) is 0 Å². The standard InChI is InChI=1S/C12H16ClNO2/c1-4-12(2,13)11(15)14-9-5-7-10(16-3)8-6-9/h5-8H,4H2,1-3H3,(H,14,15). The summed E-state index contributed by atoms with van der Waals surface area (Å²) in [6, 6.07) is 7.12. The first kappa shape index (κ1) is 12.8. The number of anilines is 1. The van der Waals surface area contributed by atoms with Gasteiger partial charge in [0.05, 0.1) is 7.11 Å². The normalized spacial score (nSPS) is 14.0. The highest BCUT2D eigenvalue weighted by Crippen LogP contribution is 2.22. The van der Waals surface area contributed by atoms with Crippen molar-refractivity contribution in [3.05, 3.63) is 24.3 Å². The molecule has 1 aromatic rings. The Morgan fingerprint density at radius 3 is 2.44 bits per heavy atom. The van der Waals surface area contributed by atoms with Gasteiger partial charge in [0.1, 0.15) is 10.6 Å². The first-order chi connectivity index (χ1) is 7.49. The van der Waals surface area contributed by atoms with Gasteiger partial charge in [0.25, 0.3) is 0 Å². The molecule has 1 atom stereocenters. The van der Waals surface area contributed by atoms with E-state index in [-0.39, 0.29) is 5.91 Å². The van der Waals surface area contributed by atoms with Gasteiger partial charge in [-0.3, -0.25) is 4.79 Å². The zero-order valence-corrected chi connectivity index (χ0v) is 10.5. The highest BCUT2D eigenvalue weighted by atomic mass is 35.5. The largest absolute Gasteiger partial charge is 0.497 e. The summed E-state index contributed by atoms with van der Waals surface area (Å²) in [5.41, 5.74) is 0.714. The lowest BCUT2D eigenvalue weighted by atomic mass is 10.1. The molecule has 0 fully saturated rings. The Balaban J connectivity index is 2.70. The molecule has 1 N–H and O–H groups in total. The maximum absolute atomic E-state index is 11.7. The smallest absolute Gasteiger partial charge is 0.245 e. The van der Waals surface area contributed by atoms with Crippen molar-refractivity contribution >= 4 is 23.2 Å². The summed E-state index contributed by atoms with van der Waals surface area (Å²) in [5.74, 6) is 0.559. The molecule has 1 unspecified atom stereocenters. The van der Waals surface area contributed by atoms with E-state index in [0.717, 1.165) is 5.75 Å². The van der Waals surface area contributed by atoms with Crippen LogP contribution in [0.4, 0.5) is 5.69 Å². The lowest BCUT2D eigenvalue weighted by Crippen LogP contribution is -2.33. The number of hydrogen-bond acceptors (Lipinski definition) is 2. The van der Waals surface area contributed by atoms with Crippen molar-refractivity contribution < 1.29 is 9.53 Å². The number of carbonyl (C=O) groups excluding carboxylic acids is 1. The summed E-state index contributed by atoms with van der Waals surface area (Å²) in [7, 11) is 1.60. The molecule has 0 heterocycles. The van der Waals surface area contributed by atoms with Gasteiger partial charge in [-0.25, -0.2) is 0 Å². The summed E-state index contributed by atoms with van der Waals surface area (Å²) in [4.78, 5) is 10.9. The average Bonchev–Trinajstić information content (AvgIpc) is 2.30. The predicted molar refractivity (Wildman–Crippen MR) is 66.2 cm³/mol. The molecule has 88 valence electrons. The number of hydrogen-bond donors (Lipinski definition) is 1. The predicted octanol–water partition coefficient (Wildman–Crippen LogP) is 3.04. The van der Waals surface area contributed by atoms with Gasteiger partial charge >= 0.3 is 0 Å². The van der Waals surface area contributed by atoms with Crippen molar-refractivity contribution in [2.45, 2.75) is 25.1 Å². The topological polar surface area (TPSA) is 38.3 Å². The molecule has 0 aliphatic rings. The molecule has 0 radical (unpaired) electrons. The molecule has 0 aromatic heterocycles. The number of benzene rings is 1. The van der Waals surface area contributed by atoms with Gasteiger partial charge in [-0.05, 0) is 37.6 Å². The monoisotopic (exact) mass is 241 g/mol. The Morgan fingerprint density at radius 1 is 1.44 bits per heavy atom. The van der Waals surface area contributed by atoms with Crippen molar-refractivity contribution in [2.75, 3.05) is 12.4 Å². The second-order valence-corrected chi connectivity index (χ2v) is 4.57. The van der Waals surface area contributed by atoms with Crippen LogP contribution in [0.1, 0.15) is 20.3 Å². The molecule has 0 aliphatic heterocycles. The molecule has 1 amide bonds. The maximum atomic E-state index is 11.7. The van der Waals surface area contributed by atoms with Gasteiger partial charge in [0.15, 0.2) is 0 Å². The molecule has 3 nitrogen and oxygen atoms in total. The minimum absolute atomic E-state index is 0.193. The molecule has 0 bridgehead atoms. The number of halogens is 1. The van der Waals surface area contributed by atoms with Crippen LogP contribution in [0.5, 0.6) is 5.75 Å². The Labute approximate surface area is 101 Å². The minimum Gasteiger partial charge on any atom is -0.497 e. The third-order valence-corrected chi connectivity index (χ3v) is 2.92. The molecule has 4 heteroatoms. The van der Waals surface area contributed by atoms with Crippen LogP contribution in [0.3, 0.4) is 0 Å². The molecular formula is C12H16ClNO2. The zero-order valence-electron chi connectivity index (χ0n) is 9.71. The van der Waals surface area contributed by atoms with E-state index >= 15 is 0 Å². The molecule has 1 aromatic carbocycles. The molecule has 0 saturated heterocycles. The average molecular weight is 242 g/mol. The van der Waals surface area contributed by atoms with E-state index in [1.165, 1.54) is 0 Å². The van der Waals surface area contributed by atoms with E-state index in [2.05, 4.69) is 5.32 Å². The van der Waals surface area contributed by atoms with E-state index in [1.54, 1.807) is 38.3 Å². The van der Waals surface area contributed by atoms with E-state index < -0.39 is 4.87 Å². The Bertz CT molecular complexity index is 360. The zero-order chi connectivity index (χ0) is 12.2. The number of rotatable bonds is 4. The van der Waals surface area contributed by atoms with Gasteiger partial charge in [0.2, 0.25) is 5.91 Å². The SMILES string of the molecule is CCC(C)(Cl)C(=O)Nc1ccc(OC)cc1. The third-order valence-electron chi connectivity index (χ3n) is 2.49. The lowest BCUT2D eigenvalue weighted by Gasteiger charge is -2.19. The molecule has 16 heavy (non-hydrogen) atoms. The fourth-order valence-corrected chi connectivity index (χ4v) is 1.14. The third kappa shape index (κ3) is 3.14. The number of carbonyl (C=O) groups is 1. The molecule has 1 rings (SSSR count).